The van der Waals surface area contributed by atoms with E-state index in [0.29, 0.717) is 17.5 Å². The largest absolute Gasteiger partial charge is 0.490 e. The van der Waals surface area contributed by atoms with Crippen LogP contribution < -0.4 is 4.74 Å². The van der Waals surface area contributed by atoms with Gasteiger partial charge in [0.1, 0.15) is 19.0 Å². The summed E-state index contributed by atoms with van der Waals surface area (Å²) < 4.78 is 62.2. The molecule has 3 rings (SSSR count). The number of benzene rings is 2. The van der Waals surface area contributed by atoms with Gasteiger partial charge in [-0.3, -0.25) is 4.79 Å². The lowest BCUT2D eigenvalue weighted by Crippen LogP contribution is -2.10. The molecule has 0 fully saturated rings. The monoisotopic (exact) mass is 438 g/mol. The lowest BCUT2D eigenvalue weighted by molar-refractivity contribution is -0.138. The highest BCUT2D eigenvalue weighted by molar-refractivity contribution is 5.96. The molecule has 0 amide bonds. The van der Waals surface area contributed by atoms with E-state index in [2.05, 4.69) is 10.1 Å². The molecule has 0 atom stereocenters. The zero-order valence-corrected chi connectivity index (χ0v) is 16.2. The van der Waals surface area contributed by atoms with E-state index in [-0.39, 0.29) is 36.1 Å². The summed E-state index contributed by atoms with van der Waals surface area (Å²) >= 11 is 0. The molecular weight excluding hydrogens is 420 g/mol. The third-order valence-corrected chi connectivity index (χ3v) is 4.32. The van der Waals surface area contributed by atoms with E-state index < -0.39 is 30.8 Å². The number of carbonyl (C=O) groups excluding carboxylic acids is 1. The highest BCUT2D eigenvalue weighted by Gasteiger charge is 2.35. The molecule has 6 nitrogen and oxygen atoms in total. The molecular formula is C21H18F4N2O4. The summed E-state index contributed by atoms with van der Waals surface area (Å²) in [5, 5.41) is 12.6. The van der Waals surface area contributed by atoms with Crippen molar-refractivity contribution >= 4 is 5.78 Å². The Morgan fingerprint density at radius 2 is 1.81 bits per heavy atom. The zero-order valence-electron chi connectivity index (χ0n) is 16.2. The first-order valence-corrected chi connectivity index (χ1v) is 9.32. The average Bonchev–Trinajstić information content (AvgIpc) is 3.25. The van der Waals surface area contributed by atoms with Gasteiger partial charge in [0, 0.05) is 29.7 Å². The van der Waals surface area contributed by atoms with Gasteiger partial charge in [-0.2, -0.15) is 18.2 Å². The molecule has 0 unspecified atom stereocenters. The van der Waals surface area contributed by atoms with Gasteiger partial charge < -0.3 is 14.4 Å². The second-order valence-corrected chi connectivity index (χ2v) is 6.50. The number of hydrogen-bond acceptors (Lipinski definition) is 6. The fourth-order valence-electron chi connectivity index (χ4n) is 2.81. The van der Waals surface area contributed by atoms with Crippen LogP contribution in [0.5, 0.6) is 5.75 Å². The minimum Gasteiger partial charge on any atom is -0.490 e. The second-order valence-electron chi connectivity index (χ2n) is 6.50. The maximum atomic E-state index is 13.3. The Labute approximate surface area is 174 Å². The summed E-state index contributed by atoms with van der Waals surface area (Å²) in [6.45, 7) is -1.49. The van der Waals surface area contributed by atoms with Crippen LogP contribution in [0, 0.1) is 0 Å². The molecule has 0 aliphatic rings. The minimum absolute atomic E-state index is 0.0227. The van der Waals surface area contributed by atoms with Crippen LogP contribution in [0.3, 0.4) is 0 Å². The number of ether oxygens (including phenoxy) is 1. The van der Waals surface area contributed by atoms with Gasteiger partial charge in [-0.1, -0.05) is 29.4 Å². The quantitative estimate of drug-likeness (QED) is 0.384. The average molecular weight is 438 g/mol. The SMILES string of the molecule is O=C(CCCO)c1ccc(-c2noc(-c3ccc(OCCF)c(C(F)(F)F)c3)n2)cc1. The van der Waals surface area contributed by atoms with Crippen molar-refractivity contribution in [2.45, 2.75) is 19.0 Å². The predicted octanol–water partition coefficient (Wildman–Crippen LogP) is 4.73. The number of nitrogens with zero attached hydrogens (tertiary/aromatic N) is 2. The lowest BCUT2D eigenvalue weighted by Gasteiger charge is -2.13. The van der Waals surface area contributed by atoms with Crippen LogP contribution in [0.15, 0.2) is 47.0 Å². The molecule has 164 valence electrons. The standard InChI is InChI=1S/C21H18F4N2O4/c22-9-11-30-18-8-7-15(12-16(18)21(23,24)25)20-26-19(27-31-20)14-5-3-13(4-6-14)17(29)2-1-10-28/h3-8,12,28H,1-2,9-11H2. The van der Waals surface area contributed by atoms with Crippen molar-refractivity contribution in [2.75, 3.05) is 19.9 Å². The van der Waals surface area contributed by atoms with Crippen molar-refractivity contribution in [3.05, 3.63) is 53.6 Å². The van der Waals surface area contributed by atoms with E-state index in [1.165, 1.54) is 6.07 Å². The number of aliphatic hydroxyl groups excluding tert-OH is 1. The number of aromatic nitrogens is 2. The van der Waals surface area contributed by atoms with E-state index in [0.717, 1.165) is 12.1 Å². The Morgan fingerprint density at radius 3 is 2.45 bits per heavy atom. The van der Waals surface area contributed by atoms with E-state index >= 15 is 0 Å². The maximum Gasteiger partial charge on any atom is 0.419 e. The molecule has 0 aliphatic heterocycles. The van der Waals surface area contributed by atoms with Crippen molar-refractivity contribution in [1.82, 2.24) is 10.1 Å². The Bertz CT molecular complexity index is 1030. The molecule has 10 heteroatoms. The zero-order chi connectivity index (χ0) is 22.4. The van der Waals surface area contributed by atoms with Gasteiger partial charge >= 0.3 is 6.18 Å². The van der Waals surface area contributed by atoms with Gasteiger partial charge in [0.2, 0.25) is 5.82 Å². The van der Waals surface area contributed by atoms with Crippen LogP contribution in [0.2, 0.25) is 0 Å². The molecule has 1 N–H and O–H groups in total. The van der Waals surface area contributed by atoms with E-state index in [1.807, 2.05) is 0 Å². The highest BCUT2D eigenvalue weighted by atomic mass is 19.4. The third kappa shape index (κ3) is 5.46. The molecule has 0 bridgehead atoms. The summed E-state index contributed by atoms with van der Waals surface area (Å²) in [7, 11) is 0. The van der Waals surface area contributed by atoms with E-state index in [4.69, 9.17) is 14.4 Å². The highest BCUT2D eigenvalue weighted by Crippen LogP contribution is 2.38. The number of hydrogen-bond donors (Lipinski definition) is 1. The summed E-state index contributed by atoms with van der Waals surface area (Å²) in [4.78, 5) is 16.1. The fraction of sp³-hybridized carbons (Fsp3) is 0.286. The van der Waals surface area contributed by atoms with Crippen molar-refractivity contribution in [3.8, 4) is 28.6 Å². The number of ketones is 1. The lowest BCUT2D eigenvalue weighted by atomic mass is 10.0. The van der Waals surface area contributed by atoms with Crippen LogP contribution in [-0.4, -0.2) is 40.9 Å². The van der Waals surface area contributed by atoms with Crippen molar-refractivity contribution in [1.29, 1.82) is 0 Å². The molecule has 0 radical (unpaired) electrons. The number of halogens is 4. The first-order chi connectivity index (χ1) is 14.8. The van der Waals surface area contributed by atoms with E-state index in [1.54, 1.807) is 24.3 Å². The summed E-state index contributed by atoms with van der Waals surface area (Å²) in [5.74, 6) is -0.615. The third-order valence-electron chi connectivity index (χ3n) is 4.32. The van der Waals surface area contributed by atoms with Crippen LogP contribution >= 0.6 is 0 Å². The second kappa shape index (κ2) is 9.69. The van der Waals surface area contributed by atoms with Gasteiger partial charge in [-0.05, 0) is 24.6 Å². The number of aliphatic hydroxyl groups is 1. The predicted molar refractivity (Wildman–Crippen MR) is 102 cm³/mol. The molecule has 0 saturated carbocycles. The first kappa shape index (κ1) is 22.4. The maximum absolute atomic E-state index is 13.3. The van der Waals surface area contributed by atoms with Crippen LogP contribution in [-0.2, 0) is 6.18 Å². The van der Waals surface area contributed by atoms with Crippen molar-refractivity contribution in [3.63, 3.8) is 0 Å². The van der Waals surface area contributed by atoms with Crippen molar-refractivity contribution < 1.29 is 36.7 Å². The van der Waals surface area contributed by atoms with Gasteiger partial charge in [-0.25, -0.2) is 4.39 Å². The smallest absolute Gasteiger partial charge is 0.419 e. The molecule has 1 heterocycles. The number of alkyl halides is 4. The molecule has 1 aromatic heterocycles. The fourth-order valence-corrected chi connectivity index (χ4v) is 2.81. The number of Topliss-reactive ketones (excluding diaryl/α,β-unsaturated/α-hetero) is 1. The Balaban J connectivity index is 1.84. The molecule has 2 aromatic carbocycles. The molecule has 31 heavy (non-hydrogen) atoms. The van der Waals surface area contributed by atoms with E-state index in [9.17, 15) is 22.4 Å². The van der Waals surface area contributed by atoms with Crippen LogP contribution in [0.4, 0.5) is 17.6 Å². The minimum atomic E-state index is -4.72. The van der Waals surface area contributed by atoms with Crippen LogP contribution in [0.25, 0.3) is 22.8 Å². The van der Waals surface area contributed by atoms with Crippen molar-refractivity contribution in [2.24, 2.45) is 0 Å². The van der Waals surface area contributed by atoms with Gasteiger partial charge in [0.25, 0.3) is 5.89 Å². The summed E-state index contributed by atoms with van der Waals surface area (Å²) in [6, 6.07) is 9.51. The molecule has 0 spiro atoms. The summed E-state index contributed by atoms with van der Waals surface area (Å²) in [6.07, 6.45) is -4.13. The van der Waals surface area contributed by atoms with Crippen LogP contribution in [0.1, 0.15) is 28.8 Å². The van der Waals surface area contributed by atoms with Gasteiger partial charge in [0.05, 0.1) is 5.56 Å². The van der Waals surface area contributed by atoms with Gasteiger partial charge in [-0.15, -0.1) is 0 Å². The van der Waals surface area contributed by atoms with Gasteiger partial charge in [0.15, 0.2) is 5.78 Å². The molecule has 0 aliphatic carbocycles. The normalized spacial score (nSPS) is 11.5. The summed E-state index contributed by atoms with van der Waals surface area (Å²) in [5.41, 5.74) is -0.0920. The Kier molecular flexibility index (Phi) is 7.01. The first-order valence-electron chi connectivity index (χ1n) is 9.32. The molecule has 0 saturated heterocycles. The Morgan fingerprint density at radius 1 is 1.10 bits per heavy atom. The number of rotatable bonds is 9. The Hall–Kier alpha value is -3.27. The molecule has 3 aromatic rings. The topological polar surface area (TPSA) is 85.5 Å². The number of carbonyl (C=O) groups is 1.